The zero-order valence-electron chi connectivity index (χ0n) is 21.1. The lowest BCUT2D eigenvalue weighted by molar-refractivity contribution is 0.810. The summed E-state index contributed by atoms with van der Waals surface area (Å²) in [5.74, 6) is 2.22. The number of hydrogen-bond acceptors (Lipinski definition) is 6. The molecule has 2 aliphatic rings. The van der Waals surface area contributed by atoms with Gasteiger partial charge in [0.15, 0.2) is 17.5 Å². The van der Waals surface area contributed by atoms with Gasteiger partial charge in [0.2, 0.25) is 0 Å². The van der Waals surface area contributed by atoms with Gasteiger partial charge in [0, 0.05) is 23.6 Å². The molecule has 38 heavy (non-hydrogen) atoms. The summed E-state index contributed by atoms with van der Waals surface area (Å²) in [5, 5.41) is 8.52. The molecule has 0 radical (unpaired) electrons. The molecule has 0 amide bonds. The van der Waals surface area contributed by atoms with Crippen molar-refractivity contribution in [1.82, 2.24) is 14.8 Å². The molecule has 1 unspecified atom stereocenters. The van der Waals surface area contributed by atoms with Crippen molar-refractivity contribution in [1.29, 1.82) is 0 Å². The number of aryl methyl sites for hydroxylation is 2. The first-order chi connectivity index (χ1) is 18.7. The molecule has 2 aliphatic heterocycles. The van der Waals surface area contributed by atoms with Gasteiger partial charge in [-0.2, -0.15) is 5.10 Å². The summed E-state index contributed by atoms with van der Waals surface area (Å²) in [5.41, 5.74) is 8.02. The molecule has 1 N–H and O–H groups in total. The van der Waals surface area contributed by atoms with Crippen LogP contribution < -0.4 is 10.2 Å². The minimum Gasteiger partial charge on any atom is -0.337 e. The third kappa shape index (κ3) is 3.59. The van der Waals surface area contributed by atoms with E-state index in [-0.39, 0.29) is 6.04 Å². The molecule has 7 heteroatoms. The highest BCUT2D eigenvalue weighted by Crippen LogP contribution is 2.48. The van der Waals surface area contributed by atoms with E-state index in [2.05, 4.69) is 65.4 Å². The molecule has 5 aromatic rings. The van der Waals surface area contributed by atoms with Crippen molar-refractivity contribution >= 4 is 34.6 Å². The lowest BCUT2D eigenvalue weighted by Gasteiger charge is -2.40. The summed E-state index contributed by atoms with van der Waals surface area (Å²) in [6, 6.07) is 30.5. The van der Waals surface area contributed by atoms with Crippen molar-refractivity contribution in [2.75, 3.05) is 10.2 Å². The summed E-state index contributed by atoms with van der Waals surface area (Å²) in [7, 11) is 0. The molecule has 0 saturated heterocycles. The maximum atomic E-state index is 5.27. The smallest absolute Gasteiger partial charge is 0.179 e. The second-order valence-electron chi connectivity index (χ2n) is 9.50. The number of pyridine rings is 1. The number of para-hydroxylation sites is 3. The number of nitrogens with one attached hydrogen (secondary N) is 1. The lowest BCUT2D eigenvalue weighted by atomic mass is 9.94. The fourth-order valence-corrected chi connectivity index (χ4v) is 5.18. The van der Waals surface area contributed by atoms with Crippen LogP contribution in [0.2, 0.25) is 0 Å². The maximum absolute atomic E-state index is 5.27. The SMILES string of the molecule is Cc1ccc(-n2nc(C)c3c2N=C2C(Nc4ccccc4)=Nc4ccccc4N2C3c2cccnc2)cc1. The Bertz CT molecular complexity index is 1700. The third-order valence-corrected chi connectivity index (χ3v) is 6.95. The first kappa shape index (κ1) is 22.2. The van der Waals surface area contributed by atoms with Gasteiger partial charge in [-0.25, -0.2) is 14.7 Å². The molecule has 0 saturated carbocycles. The van der Waals surface area contributed by atoms with Gasteiger partial charge in [-0.15, -0.1) is 0 Å². The van der Waals surface area contributed by atoms with Crippen molar-refractivity contribution in [2.24, 2.45) is 9.98 Å². The van der Waals surface area contributed by atoms with Crippen LogP contribution >= 0.6 is 0 Å². The fraction of sp³-hybridized carbons (Fsp3) is 0.0968. The number of fused-ring (bicyclic) bond motifs is 4. The summed E-state index contributed by atoms with van der Waals surface area (Å²) < 4.78 is 1.94. The average molecular weight is 496 g/mol. The Morgan fingerprint density at radius 3 is 2.37 bits per heavy atom. The van der Waals surface area contributed by atoms with E-state index in [9.17, 15) is 0 Å². The van der Waals surface area contributed by atoms with Gasteiger partial charge >= 0.3 is 0 Å². The Morgan fingerprint density at radius 1 is 0.789 bits per heavy atom. The Balaban J connectivity index is 1.50. The van der Waals surface area contributed by atoms with Gasteiger partial charge in [-0.05, 0) is 61.9 Å². The predicted molar refractivity (Wildman–Crippen MR) is 152 cm³/mol. The molecular weight excluding hydrogens is 470 g/mol. The maximum Gasteiger partial charge on any atom is 0.179 e. The van der Waals surface area contributed by atoms with E-state index in [4.69, 9.17) is 15.1 Å². The lowest BCUT2D eigenvalue weighted by Crippen LogP contribution is -2.46. The van der Waals surface area contributed by atoms with Crippen molar-refractivity contribution in [3.8, 4) is 5.69 Å². The molecule has 184 valence electrons. The number of hydrogen-bond donors (Lipinski definition) is 1. The van der Waals surface area contributed by atoms with E-state index in [1.165, 1.54) is 5.56 Å². The van der Waals surface area contributed by atoms with Gasteiger partial charge in [0.05, 0.1) is 28.8 Å². The van der Waals surface area contributed by atoms with E-state index >= 15 is 0 Å². The van der Waals surface area contributed by atoms with Crippen molar-refractivity contribution < 1.29 is 0 Å². The summed E-state index contributed by atoms with van der Waals surface area (Å²) >= 11 is 0. The van der Waals surface area contributed by atoms with E-state index in [1.54, 1.807) is 6.20 Å². The molecule has 0 bridgehead atoms. The molecular formula is C31H25N7. The first-order valence-corrected chi connectivity index (χ1v) is 12.6. The Kier molecular flexibility index (Phi) is 5.14. The number of amidine groups is 2. The van der Waals surface area contributed by atoms with Gasteiger partial charge in [0.25, 0.3) is 0 Å². The van der Waals surface area contributed by atoms with Crippen molar-refractivity contribution in [2.45, 2.75) is 19.9 Å². The number of nitrogens with zero attached hydrogens (tertiary/aromatic N) is 6. The van der Waals surface area contributed by atoms with Crippen LogP contribution in [0, 0.1) is 13.8 Å². The Labute approximate surface area is 220 Å². The largest absolute Gasteiger partial charge is 0.337 e. The Hall–Kier alpha value is -5.04. The highest BCUT2D eigenvalue weighted by atomic mass is 15.4. The molecule has 4 heterocycles. The monoisotopic (exact) mass is 495 g/mol. The standard InChI is InChI=1S/C31H25N7/c1-20-14-16-24(17-15-20)38-30-27(21(2)36-38)28(22-9-8-18-32-19-22)37-26-13-7-6-12-25(26)34-29(31(37)35-30)33-23-10-4-3-5-11-23/h3-19,28H,1-2H3,(H,33,34). The number of rotatable bonds is 3. The van der Waals surface area contributed by atoms with E-state index < -0.39 is 0 Å². The summed E-state index contributed by atoms with van der Waals surface area (Å²) in [4.78, 5) is 17.0. The quantitative estimate of drug-likeness (QED) is 0.303. The number of anilines is 2. The molecule has 7 nitrogen and oxygen atoms in total. The minimum atomic E-state index is -0.186. The van der Waals surface area contributed by atoms with E-state index in [1.807, 2.05) is 65.5 Å². The van der Waals surface area contributed by atoms with E-state index in [0.29, 0.717) is 5.84 Å². The zero-order chi connectivity index (χ0) is 25.6. The van der Waals surface area contributed by atoms with Crippen LogP contribution in [-0.4, -0.2) is 26.4 Å². The second kappa shape index (κ2) is 8.81. The molecule has 0 fully saturated rings. The predicted octanol–water partition coefficient (Wildman–Crippen LogP) is 6.68. The van der Waals surface area contributed by atoms with Crippen molar-refractivity contribution in [3.63, 3.8) is 0 Å². The summed E-state index contributed by atoms with van der Waals surface area (Å²) in [6.07, 6.45) is 3.73. The van der Waals surface area contributed by atoms with Crippen LogP contribution in [0.3, 0.4) is 0 Å². The van der Waals surface area contributed by atoms with Gasteiger partial charge in [-0.3, -0.25) is 4.98 Å². The average Bonchev–Trinajstić information content (AvgIpc) is 3.29. The molecule has 3 aromatic carbocycles. The third-order valence-electron chi connectivity index (χ3n) is 6.95. The van der Waals surface area contributed by atoms with Crippen LogP contribution in [0.15, 0.2) is 113 Å². The van der Waals surface area contributed by atoms with Crippen LogP contribution in [0.4, 0.5) is 22.9 Å². The normalized spacial score (nSPS) is 15.6. The minimum absolute atomic E-state index is 0.186. The molecule has 1 atom stereocenters. The molecule has 0 spiro atoms. The highest BCUT2D eigenvalue weighted by molar-refractivity contribution is 6.51. The number of aliphatic imine (C=N–C) groups is 2. The van der Waals surface area contributed by atoms with Crippen LogP contribution in [0.25, 0.3) is 5.69 Å². The number of aromatic nitrogens is 3. The van der Waals surface area contributed by atoms with Crippen LogP contribution in [0.5, 0.6) is 0 Å². The molecule has 7 rings (SSSR count). The van der Waals surface area contributed by atoms with Gasteiger partial charge < -0.3 is 10.2 Å². The topological polar surface area (TPSA) is 70.7 Å². The van der Waals surface area contributed by atoms with Crippen LogP contribution in [-0.2, 0) is 0 Å². The van der Waals surface area contributed by atoms with Gasteiger partial charge in [0.1, 0.15) is 0 Å². The fourth-order valence-electron chi connectivity index (χ4n) is 5.18. The summed E-state index contributed by atoms with van der Waals surface area (Å²) in [6.45, 7) is 4.14. The van der Waals surface area contributed by atoms with E-state index in [0.717, 1.165) is 51.2 Å². The zero-order valence-corrected chi connectivity index (χ0v) is 21.1. The second-order valence-corrected chi connectivity index (χ2v) is 9.50. The number of benzene rings is 3. The van der Waals surface area contributed by atoms with Gasteiger partial charge in [-0.1, -0.05) is 54.1 Å². The first-order valence-electron chi connectivity index (χ1n) is 12.6. The van der Waals surface area contributed by atoms with Crippen molar-refractivity contribution in [3.05, 3.63) is 126 Å². The molecule has 2 aromatic heterocycles. The highest BCUT2D eigenvalue weighted by Gasteiger charge is 2.41. The molecule has 0 aliphatic carbocycles. The van der Waals surface area contributed by atoms with Crippen LogP contribution in [0.1, 0.15) is 28.4 Å². The Morgan fingerprint density at radius 2 is 1.58 bits per heavy atom.